The Morgan fingerprint density at radius 1 is 1.48 bits per heavy atom. The first kappa shape index (κ1) is 16.4. The predicted molar refractivity (Wildman–Crippen MR) is 79.5 cm³/mol. The second kappa shape index (κ2) is 6.87. The summed E-state index contributed by atoms with van der Waals surface area (Å²) in [5, 5.41) is 10.2. The van der Waals surface area contributed by atoms with Crippen molar-refractivity contribution in [2.45, 2.75) is 57.2 Å². The van der Waals surface area contributed by atoms with Crippen LogP contribution in [0.5, 0.6) is 0 Å². The molecule has 1 unspecified atom stereocenters. The highest BCUT2D eigenvalue weighted by molar-refractivity contribution is 7.89. The number of aromatic nitrogens is 2. The molecule has 1 atom stereocenters. The molecule has 0 amide bonds. The van der Waals surface area contributed by atoms with Gasteiger partial charge in [-0.1, -0.05) is 0 Å². The Kier molecular flexibility index (Phi) is 5.37. The van der Waals surface area contributed by atoms with E-state index in [1.807, 2.05) is 13.8 Å². The Morgan fingerprint density at radius 3 is 2.81 bits per heavy atom. The van der Waals surface area contributed by atoms with E-state index in [0.29, 0.717) is 30.6 Å². The van der Waals surface area contributed by atoms with E-state index in [1.165, 1.54) is 0 Å². The highest BCUT2D eigenvalue weighted by Crippen LogP contribution is 2.22. The van der Waals surface area contributed by atoms with Gasteiger partial charge in [0.25, 0.3) is 0 Å². The summed E-state index contributed by atoms with van der Waals surface area (Å²) in [6.45, 7) is 6.71. The summed E-state index contributed by atoms with van der Waals surface area (Å²) in [6, 6.07) is 0.503. The van der Waals surface area contributed by atoms with Gasteiger partial charge >= 0.3 is 0 Å². The Balaban J connectivity index is 2.05. The number of ether oxygens (including phenoxy) is 1. The molecule has 0 radical (unpaired) electrons. The third kappa shape index (κ3) is 4.50. The molecular weight excluding hydrogens is 292 g/mol. The largest absolute Gasteiger partial charge is 0.377 e. The number of H-pyrrole nitrogens is 1. The van der Waals surface area contributed by atoms with Crippen molar-refractivity contribution in [1.82, 2.24) is 20.2 Å². The summed E-state index contributed by atoms with van der Waals surface area (Å²) in [5.74, 6) is 0. The zero-order valence-corrected chi connectivity index (χ0v) is 13.6. The zero-order valence-electron chi connectivity index (χ0n) is 12.8. The van der Waals surface area contributed by atoms with Crippen LogP contribution in [0.25, 0.3) is 0 Å². The average Bonchev–Trinajstić information content (AvgIpc) is 3.17. The van der Waals surface area contributed by atoms with Crippen LogP contribution in [0.2, 0.25) is 0 Å². The Bertz CT molecular complexity index is 566. The first-order chi connectivity index (χ1) is 9.94. The molecular formula is C13H24N4O3S. The fourth-order valence-electron chi connectivity index (χ4n) is 2.12. The molecule has 120 valence electrons. The van der Waals surface area contributed by atoms with Gasteiger partial charge < -0.3 is 10.1 Å². The summed E-state index contributed by atoms with van der Waals surface area (Å²) >= 11 is 0. The number of rotatable bonds is 9. The lowest BCUT2D eigenvalue weighted by atomic mass is 10.3. The van der Waals surface area contributed by atoms with Crippen molar-refractivity contribution in [3.8, 4) is 0 Å². The molecule has 0 aliphatic heterocycles. The van der Waals surface area contributed by atoms with Crippen LogP contribution in [0, 0.1) is 6.92 Å². The van der Waals surface area contributed by atoms with Crippen LogP contribution in [0.15, 0.2) is 4.90 Å². The highest BCUT2D eigenvalue weighted by Gasteiger charge is 2.26. The van der Waals surface area contributed by atoms with Crippen LogP contribution in [-0.4, -0.2) is 43.9 Å². The van der Waals surface area contributed by atoms with E-state index in [1.54, 1.807) is 6.92 Å². The number of aromatic amines is 1. The SMILES string of the molecule is CCOC(C)CNS(=O)(=O)c1c(CNC2CC2)n[nH]c1C. The summed E-state index contributed by atoms with van der Waals surface area (Å²) in [4.78, 5) is 0.249. The van der Waals surface area contributed by atoms with Gasteiger partial charge in [-0.15, -0.1) is 0 Å². The zero-order chi connectivity index (χ0) is 15.5. The molecule has 1 aromatic heterocycles. The molecule has 1 fully saturated rings. The van der Waals surface area contributed by atoms with Crippen molar-refractivity contribution >= 4 is 10.0 Å². The van der Waals surface area contributed by atoms with E-state index in [9.17, 15) is 8.42 Å². The molecule has 1 aromatic rings. The van der Waals surface area contributed by atoms with Gasteiger partial charge in [0.2, 0.25) is 10.0 Å². The summed E-state index contributed by atoms with van der Waals surface area (Å²) < 4.78 is 32.8. The summed E-state index contributed by atoms with van der Waals surface area (Å²) in [7, 11) is -3.58. The van der Waals surface area contributed by atoms with Crippen molar-refractivity contribution < 1.29 is 13.2 Å². The number of hydrogen-bond acceptors (Lipinski definition) is 5. The van der Waals surface area contributed by atoms with Crippen LogP contribution >= 0.6 is 0 Å². The van der Waals surface area contributed by atoms with Crippen LogP contribution in [0.4, 0.5) is 0 Å². The maximum absolute atomic E-state index is 12.4. The molecule has 2 rings (SSSR count). The van der Waals surface area contributed by atoms with Gasteiger partial charge in [-0.3, -0.25) is 5.10 Å². The molecule has 1 aliphatic rings. The van der Waals surface area contributed by atoms with Crippen LogP contribution in [-0.2, 0) is 21.3 Å². The molecule has 3 N–H and O–H groups in total. The van der Waals surface area contributed by atoms with Gasteiger partial charge in [-0.25, -0.2) is 13.1 Å². The molecule has 1 saturated carbocycles. The number of nitrogens with zero attached hydrogens (tertiary/aromatic N) is 1. The predicted octanol–water partition coefficient (Wildman–Crippen LogP) is 0.673. The smallest absolute Gasteiger partial charge is 0.244 e. The number of nitrogens with one attached hydrogen (secondary N) is 3. The van der Waals surface area contributed by atoms with Gasteiger partial charge in [0, 0.05) is 25.7 Å². The number of aryl methyl sites for hydroxylation is 1. The van der Waals surface area contributed by atoms with Crippen LogP contribution in [0.3, 0.4) is 0 Å². The average molecular weight is 316 g/mol. The lowest BCUT2D eigenvalue weighted by molar-refractivity contribution is 0.0799. The van der Waals surface area contributed by atoms with E-state index in [2.05, 4.69) is 20.2 Å². The van der Waals surface area contributed by atoms with Crippen LogP contribution in [0.1, 0.15) is 38.1 Å². The van der Waals surface area contributed by atoms with Gasteiger partial charge in [-0.05, 0) is 33.6 Å². The molecule has 21 heavy (non-hydrogen) atoms. The summed E-state index contributed by atoms with van der Waals surface area (Å²) in [5.41, 5.74) is 1.09. The molecule has 0 aromatic carbocycles. The highest BCUT2D eigenvalue weighted by atomic mass is 32.2. The molecule has 8 heteroatoms. The maximum Gasteiger partial charge on any atom is 0.244 e. The molecule has 0 bridgehead atoms. The molecule has 1 aliphatic carbocycles. The minimum absolute atomic E-state index is 0.162. The Morgan fingerprint density at radius 2 is 2.19 bits per heavy atom. The first-order valence-electron chi connectivity index (χ1n) is 7.32. The van der Waals surface area contributed by atoms with Gasteiger partial charge in [0.05, 0.1) is 17.5 Å². The Labute approximate surface area is 125 Å². The quantitative estimate of drug-likeness (QED) is 0.622. The molecule has 0 saturated heterocycles. The van der Waals surface area contributed by atoms with Crippen molar-refractivity contribution in [2.75, 3.05) is 13.2 Å². The van der Waals surface area contributed by atoms with Gasteiger partial charge in [0.15, 0.2) is 0 Å². The maximum atomic E-state index is 12.4. The van der Waals surface area contributed by atoms with Gasteiger partial charge in [-0.2, -0.15) is 5.10 Å². The van der Waals surface area contributed by atoms with E-state index >= 15 is 0 Å². The summed E-state index contributed by atoms with van der Waals surface area (Å²) in [6.07, 6.45) is 2.13. The fraction of sp³-hybridized carbons (Fsp3) is 0.769. The van der Waals surface area contributed by atoms with E-state index in [-0.39, 0.29) is 17.5 Å². The van der Waals surface area contributed by atoms with Gasteiger partial charge in [0.1, 0.15) is 4.90 Å². The fourth-order valence-corrected chi connectivity index (χ4v) is 3.59. The second-order valence-corrected chi connectivity index (χ2v) is 7.10. The number of sulfonamides is 1. The molecule has 7 nitrogen and oxygen atoms in total. The topological polar surface area (TPSA) is 96.1 Å². The normalized spacial score (nSPS) is 17.1. The van der Waals surface area contributed by atoms with E-state index in [4.69, 9.17) is 4.74 Å². The lowest BCUT2D eigenvalue weighted by Crippen LogP contribution is -2.33. The standard InChI is InChI=1S/C13H24N4O3S/c1-4-20-9(2)7-15-21(18,19)13-10(3)16-17-12(13)8-14-11-5-6-11/h9,11,14-15H,4-8H2,1-3H3,(H,16,17). The Hall–Kier alpha value is -0.960. The van der Waals surface area contributed by atoms with E-state index in [0.717, 1.165) is 12.8 Å². The van der Waals surface area contributed by atoms with Crippen LogP contribution < -0.4 is 10.0 Å². The van der Waals surface area contributed by atoms with Crippen molar-refractivity contribution in [1.29, 1.82) is 0 Å². The number of hydrogen-bond donors (Lipinski definition) is 3. The third-order valence-electron chi connectivity index (χ3n) is 3.38. The van der Waals surface area contributed by atoms with Crippen molar-refractivity contribution in [2.24, 2.45) is 0 Å². The second-order valence-electron chi connectivity index (χ2n) is 5.40. The molecule has 1 heterocycles. The van der Waals surface area contributed by atoms with Crippen molar-refractivity contribution in [3.63, 3.8) is 0 Å². The van der Waals surface area contributed by atoms with Crippen molar-refractivity contribution in [3.05, 3.63) is 11.4 Å². The minimum atomic E-state index is -3.58. The lowest BCUT2D eigenvalue weighted by Gasteiger charge is -2.13. The third-order valence-corrected chi connectivity index (χ3v) is 5.00. The minimum Gasteiger partial charge on any atom is -0.377 e. The first-order valence-corrected chi connectivity index (χ1v) is 8.80. The monoisotopic (exact) mass is 316 g/mol. The molecule has 0 spiro atoms. The van der Waals surface area contributed by atoms with E-state index < -0.39 is 10.0 Å².